The number of aliphatic hydroxyl groups is 1. The van der Waals surface area contributed by atoms with Gasteiger partial charge in [-0.3, -0.25) is 9.59 Å². The van der Waals surface area contributed by atoms with E-state index in [9.17, 15) is 14.7 Å². The fourth-order valence-electron chi connectivity index (χ4n) is 4.76. The number of fused-ring (bicyclic) bond motifs is 2. The smallest absolute Gasteiger partial charge is 0.311 e. The first-order valence-corrected chi connectivity index (χ1v) is 10.7. The Kier molecular flexibility index (Phi) is 7.77. The van der Waals surface area contributed by atoms with Gasteiger partial charge in [0.2, 0.25) is 0 Å². The summed E-state index contributed by atoms with van der Waals surface area (Å²) in [4.78, 5) is 25.3. The molecule has 0 spiro atoms. The lowest BCUT2D eigenvalue weighted by Gasteiger charge is -2.36. The Bertz CT molecular complexity index is 552. The number of hydrogen-bond donors (Lipinski definition) is 1. The molecule has 0 aliphatic heterocycles. The molecule has 0 saturated heterocycles. The quantitative estimate of drug-likeness (QED) is 0.692. The van der Waals surface area contributed by atoms with Gasteiger partial charge in [-0.05, 0) is 65.2 Å². The number of ether oxygens (including phenoxy) is 2. The van der Waals surface area contributed by atoms with Gasteiger partial charge in [0.05, 0.1) is 17.4 Å². The van der Waals surface area contributed by atoms with Crippen LogP contribution in [0.15, 0.2) is 0 Å². The van der Waals surface area contributed by atoms with Gasteiger partial charge in [-0.2, -0.15) is 0 Å². The summed E-state index contributed by atoms with van der Waals surface area (Å²) in [6.45, 7) is 19.6. The minimum atomic E-state index is -0.687. The molecule has 5 unspecified atom stereocenters. The largest absolute Gasteiger partial charge is 0.460 e. The number of aliphatic hydroxyl groups excluding tert-OH is 1. The zero-order valence-corrected chi connectivity index (χ0v) is 19.6. The van der Waals surface area contributed by atoms with Crippen molar-refractivity contribution in [2.45, 2.75) is 106 Å². The highest BCUT2D eigenvalue weighted by Crippen LogP contribution is 2.51. The average molecular weight is 399 g/mol. The Morgan fingerprint density at radius 1 is 0.964 bits per heavy atom. The van der Waals surface area contributed by atoms with Crippen LogP contribution in [0.25, 0.3) is 0 Å². The highest BCUT2D eigenvalue weighted by Gasteiger charge is 2.57. The zero-order valence-electron chi connectivity index (χ0n) is 19.6. The third-order valence-corrected chi connectivity index (χ3v) is 5.37. The molecule has 0 aromatic carbocycles. The fourth-order valence-corrected chi connectivity index (χ4v) is 4.76. The first-order valence-electron chi connectivity index (χ1n) is 10.7. The van der Waals surface area contributed by atoms with Crippen LogP contribution >= 0.6 is 0 Å². The van der Waals surface area contributed by atoms with E-state index >= 15 is 0 Å². The third-order valence-electron chi connectivity index (χ3n) is 5.37. The van der Waals surface area contributed by atoms with Crippen LogP contribution < -0.4 is 0 Å². The Hall–Kier alpha value is -1.10. The lowest BCUT2D eigenvalue weighted by atomic mass is 9.76. The molecular weight excluding hydrogens is 356 g/mol. The van der Waals surface area contributed by atoms with Gasteiger partial charge in [0.25, 0.3) is 0 Å². The van der Waals surface area contributed by atoms with Gasteiger partial charge in [-0.25, -0.2) is 0 Å². The number of carbonyl (C=O) groups is 2. The summed E-state index contributed by atoms with van der Waals surface area (Å²) < 4.78 is 11.3. The topological polar surface area (TPSA) is 72.8 Å². The monoisotopic (exact) mass is 398 g/mol. The second kappa shape index (κ2) is 8.73. The Balaban J connectivity index is 0.00000190. The molecule has 5 atom stereocenters. The van der Waals surface area contributed by atoms with Crippen molar-refractivity contribution in [2.75, 3.05) is 0 Å². The van der Waals surface area contributed by atoms with E-state index in [1.807, 2.05) is 48.5 Å². The predicted octanol–water partition coefficient (Wildman–Crippen LogP) is 4.75. The molecule has 2 aliphatic carbocycles. The second-order valence-electron chi connectivity index (χ2n) is 11.0. The normalized spacial score (nSPS) is 29.8. The Morgan fingerprint density at radius 2 is 1.50 bits per heavy atom. The van der Waals surface area contributed by atoms with Crippen LogP contribution in [0.2, 0.25) is 0 Å². The molecule has 164 valence electrons. The number of carbonyl (C=O) groups excluding carboxylic acids is 2. The average Bonchev–Trinajstić information content (AvgIpc) is 3.05. The van der Waals surface area contributed by atoms with Crippen molar-refractivity contribution in [3.63, 3.8) is 0 Å². The van der Waals surface area contributed by atoms with Crippen LogP contribution in [-0.4, -0.2) is 34.9 Å². The van der Waals surface area contributed by atoms with E-state index in [2.05, 4.69) is 20.8 Å². The maximum Gasteiger partial charge on any atom is 0.311 e. The Morgan fingerprint density at radius 3 is 1.93 bits per heavy atom. The summed E-state index contributed by atoms with van der Waals surface area (Å²) in [6.07, 6.45) is 0.708. The van der Waals surface area contributed by atoms with E-state index in [1.165, 1.54) is 0 Å². The van der Waals surface area contributed by atoms with Gasteiger partial charge in [0.15, 0.2) is 0 Å². The predicted molar refractivity (Wildman–Crippen MR) is 111 cm³/mol. The standard InChI is InChI=1S/C21H36O5.C2H6/c1-19(2,3)11-21(7,8)18(24)25-16-13-9-12(15(16)22)10-14(13)17(23)26-20(4,5)6;1-2/h12-16,22H,9-11H2,1-8H3;1-2H3. The number of rotatable bonds is 4. The van der Waals surface area contributed by atoms with Crippen molar-refractivity contribution < 1.29 is 24.2 Å². The van der Waals surface area contributed by atoms with Gasteiger partial charge in [0.1, 0.15) is 11.7 Å². The van der Waals surface area contributed by atoms with E-state index in [4.69, 9.17) is 9.47 Å². The summed E-state index contributed by atoms with van der Waals surface area (Å²) in [7, 11) is 0. The maximum absolute atomic E-state index is 12.8. The van der Waals surface area contributed by atoms with Crippen LogP contribution in [0.4, 0.5) is 0 Å². The van der Waals surface area contributed by atoms with Crippen LogP contribution in [0, 0.1) is 28.6 Å². The van der Waals surface area contributed by atoms with E-state index in [0.29, 0.717) is 19.3 Å². The SMILES string of the molecule is CC.CC(C)(C)CC(C)(C)C(=O)OC1C(O)C2CC(C(=O)OC(C)(C)C)C1C2. The van der Waals surface area contributed by atoms with Crippen molar-refractivity contribution >= 4 is 11.9 Å². The van der Waals surface area contributed by atoms with Crippen LogP contribution in [0.5, 0.6) is 0 Å². The molecule has 0 aromatic rings. The van der Waals surface area contributed by atoms with Crippen molar-refractivity contribution in [3.05, 3.63) is 0 Å². The molecule has 1 N–H and O–H groups in total. The molecule has 5 heteroatoms. The number of esters is 2. The minimum absolute atomic E-state index is 0.000969. The van der Waals surface area contributed by atoms with Gasteiger partial charge in [-0.15, -0.1) is 0 Å². The molecule has 0 heterocycles. The van der Waals surface area contributed by atoms with E-state index in [1.54, 1.807) is 0 Å². The molecule has 2 saturated carbocycles. The fraction of sp³-hybridized carbons (Fsp3) is 0.913. The lowest BCUT2D eigenvalue weighted by Crippen LogP contribution is -2.45. The van der Waals surface area contributed by atoms with Crippen LogP contribution in [-0.2, 0) is 19.1 Å². The Labute approximate surface area is 171 Å². The first kappa shape index (κ1) is 24.9. The number of hydrogen-bond acceptors (Lipinski definition) is 5. The lowest BCUT2D eigenvalue weighted by molar-refractivity contribution is -0.179. The van der Waals surface area contributed by atoms with Crippen molar-refractivity contribution in [1.29, 1.82) is 0 Å². The summed E-state index contributed by atoms with van der Waals surface area (Å²) in [5.41, 5.74) is -1.19. The third kappa shape index (κ3) is 6.20. The van der Waals surface area contributed by atoms with Gasteiger partial charge in [0, 0.05) is 5.92 Å². The molecule has 2 bridgehead atoms. The van der Waals surface area contributed by atoms with Gasteiger partial charge >= 0.3 is 11.9 Å². The zero-order chi connectivity index (χ0) is 22.1. The summed E-state index contributed by atoms with van der Waals surface area (Å²) in [6, 6.07) is 0. The second-order valence-corrected chi connectivity index (χ2v) is 11.0. The maximum atomic E-state index is 12.8. The molecule has 2 aliphatic rings. The molecule has 28 heavy (non-hydrogen) atoms. The molecule has 5 nitrogen and oxygen atoms in total. The molecule has 0 amide bonds. The summed E-state index contributed by atoms with van der Waals surface area (Å²) in [5, 5.41) is 10.5. The van der Waals surface area contributed by atoms with E-state index < -0.39 is 23.2 Å². The molecule has 2 rings (SSSR count). The van der Waals surface area contributed by atoms with Crippen LogP contribution in [0.1, 0.15) is 88.5 Å². The molecule has 0 aromatic heterocycles. The first-order chi connectivity index (χ1) is 12.6. The van der Waals surface area contributed by atoms with Crippen molar-refractivity contribution in [2.24, 2.45) is 28.6 Å². The highest BCUT2D eigenvalue weighted by atomic mass is 16.6. The van der Waals surface area contributed by atoms with Crippen molar-refractivity contribution in [1.82, 2.24) is 0 Å². The van der Waals surface area contributed by atoms with Gasteiger partial charge < -0.3 is 14.6 Å². The highest BCUT2D eigenvalue weighted by molar-refractivity contribution is 5.77. The van der Waals surface area contributed by atoms with Crippen LogP contribution in [0.3, 0.4) is 0 Å². The summed E-state index contributed by atoms with van der Waals surface area (Å²) in [5.74, 6) is -0.995. The van der Waals surface area contributed by atoms with E-state index in [0.717, 1.165) is 0 Å². The molecule has 2 fully saturated rings. The van der Waals surface area contributed by atoms with E-state index in [-0.39, 0.29) is 35.1 Å². The molecular formula is C23H42O5. The summed E-state index contributed by atoms with van der Waals surface area (Å²) >= 11 is 0. The minimum Gasteiger partial charge on any atom is -0.460 e. The van der Waals surface area contributed by atoms with Gasteiger partial charge in [-0.1, -0.05) is 34.6 Å². The molecule has 0 radical (unpaired) electrons. The van der Waals surface area contributed by atoms with Crippen molar-refractivity contribution in [3.8, 4) is 0 Å².